The molecule has 0 aliphatic heterocycles. The molecule has 0 unspecified atom stereocenters. The first kappa shape index (κ1) is 21.5. The second-order valence-corrected chi connectivity index (χ2v) is 8.09. The Labute approximate surface area is 198 Å². The molecule has 6 heteroatoms. The minimum absolute atomic E-state index is 0.0779. The molecule has 2 aliphatic rings. The summed E-state index contributed by atoms with van der Waals surface area (Å²) in [5.41, 5.74) is 3.51. The van der Waals surface area contributed by atoms with E-state index in [2.05, 4.69) is 56.6 Å². The average Bonchev–Trinajstić information content (AvgIpc) is 3.14. The number of nitrogens with zero attached hydrogens (tertiary/aromatic N) is 2. The van der Waals surface area contributed by atoms with Crippen LogP contribution in [0.5, 0.6) is 5.75 Å². The summed E-state index contributed by atoms with van der Waals surface area (Å²) in [6, 6.07) is 11.2. The quantitative estimate of drug-likeness (QED) is 0.471. The predicted molar refractivity (Wildman–Crippen MR) is 140 cm³/mol. The zero-order chi connectivity index (χ0) is 23.3. The number of hydrogen-bond acceptors (Lipinski definition) is 5. The van der Waals surface area contributed by atoms with Crippen LogP contribution in [0.3, 0.4) is 0 Å². The van der Waals surface area contributed by atoms with Crippen LogP contribution in [-0.2, 0) is 0 Å². The topological polar surface area (TPSA) is 68.2 Å². The zero-order valence-electron chi connectivity index (χ0n) is 19.0. The molecule has 0 atom stereocenters. The third-order valence-corrected chi connectivity index (χ3v) is 5.74. The van der Waals surface area contributed by atoms with E-state index >= 15 is 0 Å². The minimum atomic E-state index is -0.0779. The molecule has 1 aromatic carbocycles. The van der Waals surface area contributed by atoms with Crippen molar-refractivity contribution in [3.63, 3.8) is 0 Å². The van der Waals surface area contributed by atoms with Gasteiger partial charge in [0.2, 0.25) is 0 Å². The number of rotatable bonds is 6. The maximum absolute atomic E-state index is 13.1. The summed E-state index contributed by atoms with van der Waals surface area (Å²) in [7, 11) is 1.64. The summed E-state index contributed by atoms with van der Waals surface area (Å²) in [5, 5.41) is 7.36. The van der Waals surface area contributed by atoms with Gasteiger partial charge in [0.15, 0.2) is 5.43 Å². The number of ether oxygens (including phenoxy) is 1. The van der Waals surface area contributed by atoms with Gasteiger partial charge in [-0.05, 0) is 43.5 Å². The maximum Gasteiger partial charge on any atom is 0.193 e. The van der Waals surface area contributed by atoms with Gasteiger partial charge in [0.1, 0.15) is 17.4 Å². The Kier molecular flexibility index (Phi) is 6.12. The highest BCUT2D eigenvalue weighted by Gasteiger charge is 2.14. The SMILES string of the molecule is COc1cccc(Nc2cc3c(cn2)c(=O)cc(NC2=CCCC=C2)n3C2=CCC=CC=C2)c1. The van der Waals surface area contributed by atoms with Crippen LogP contribution in [-0.4, -0.2) is 16.7 Å². The van der Waals surface area contributed by atoms with E-state index in [-0.39, 0.29) is 5.43 Å². The summed E-state index contributed by atoms with van der Waals surface area (Å²) in [6.45, 7) is 0. The smallest absolute Gasteiger partial charge is 0.193 e. The first-order valence-electron chi connectivity index (χ1n) is 11.4. The lowest BCUT2D eigenvalue weighted by Gasteiger charge is -2.20. The molecule has 0 saturated carbocycles. The third kappa shape index (κ3) is 4.57. The third-order valence-electron chi connectivity index (χ3n) is 5.74. The monoisotopic (exact) mass is 450 g/mol. The number of aromatic nitrogens is 2. The second-order valence-electron chi connectivity index (χ2n) is 8.09. The van der Waals surface area contributed by atoms with Gasteiger partial charge in [-0.2, -0.15) is 0 Å². The molecule has 2 aromatic heterocycles. The number of benzene rings is 1. The Morgan fingerprint density at radius 3 is 2.79 bits per heavy atom. The first-order valence-corrected chi connectivity index (χ1v) is 11.4. The van der Waals surface area contributed by atoms with Gasteiger partial charge in [-0.25, -0.2) is 4.98 Å². The van der Waals surface area contributed by atoms with Crippen LogP contribution in [0.2, 0.25) is 0 Å². The van der Waals surface area contributed by atoms with Gasteiger partial charge in [0.25, 0.3) is 0 Å². The number of fused-ring (bicyclic) bond motifs is 1. The molecule has 5 rings (SSSR count). The number of anilines is 3. The molecule has 0 amide bonds. The molecule has 0 bridgehead atoms. The van der Waals surface area contributed by atoms with Crippen LogP contribution in [0.15, 0.2) is 102 Å². The summed E-state index contributed by atoms with van der Waals surface area (Å²) < 4.78 is 7.42. The molecule has 0 fully saturated rings. The van der Waals surface area contributed by atoms with Crippen LogP contribution in [0.25, 0.3) is 16.6 Å². The van der Waals surface area contributed by atoms with E-state index in [1.165, 1.54) is 0 Å². The fourth-order valence-electron chi connectivity index (χ4n) is 4.09. The molecule has 0 radical (unpaired) electrons. The van der Waals surface area contributed by atoms with Crippen molar-refractivity contribution in [2.45, 2.75) is 19.3 Å². The summed E-state index contributed by atoms with van der Waals surface area (Å²) in [5.74, 6) is 2.11. The van der Waals surface area contributed by atoms with E-state index in [0.717, 1.165) is 47.6 Å². The normalized spacial score (nSPS) is 15.0. The summed E-state index contributed by atoms with van der Waals surface area (Å²) in [4.78, 5) is 17.6. The van der Waals surface area contributed by atoms with Crippen LogP contribution < -0.4 is 20.8 Å². The first-order chi connectivity index (χ1) is 16.7. The van der Waals surface area contributed by atoms with Crippen molar-refractivity contribution in [1.29, 1.82) is 0 Å². The molecule has 3 aromatic rings. The van der Waals surface area contributed by atoms with Gasteiger partial charge in [-0.3, -0.25) is 9.36 Å². The number of pyridine rings is 2. The fraction of sp³-hybridized carbons (Fsp3) is 0.143. The van der Waals surface area contributed by atoms with E-state index in [0.29, 0.717) is 17.0 Å². The second kappa shape index (κ2) is 9.67. The molecule has 34 heavy (non-hydrogen) atoms. The van der Waals surface area contributed by atoms with Crippen LogP contribution >= 0.6 is 0 Å². The Morgan fingerprint density at radius 2 is 1.94 bits per heavy atom. The zero-order valence-corrected chi connectivity index (χ0v) is 19.0. The number of methoxy groups -OCH3 is 1. The molecule has 2 heterocycles. The van der Waals surface area contributed by atoms with Gasteiger partial charge in [-0.1, -0.05) is 42.5 Å². The standard InChI is InChI=1S/C28H26N4O2/c1-34-23-15-9-12-21(16-23)30-27-17-25-24(19-29-27)26(33)18-28(31-20-10-5-4-6-11-20)32(25)22-13-7-2-3-8-14-22/h2-3,5,7,9-19,31H,4,6,8H2,1H3,(H,29,30). The van der Waals surface area contributed by atoms with Crippen LogP contribution in [0, 0.1) is 0 Å². The Bertz CT molecular complexity index is 1440. The lowest BCUT2D eigenvalue weighted by Crippen LogP contribution is -2.15. The summed E-state index contributed by atoms with van der Waals surface area (Å²) >= 11 is 0. The van der Waals surface area contributed by atoms with Gasteiger partial charge < -0.3 is 15.4 Å². The highest BCUT2D eigenvalue weighted by atomic mass is 16.5. The van der Waals surface area contributed by atoms with E-state index in [1.807, 2.05) is 42.5 Å². The fourth-order valence-corrected chi connectivity index (χ4v) is 4.09. The van der Waals surface area contributed by atoms with Crippen molar-refractivity contribution in [2.24, 2.45) is 0 Å². The maximum atomic E-state index is 13.1. The van der Waals surface area contributed by atoms with E-state index < -0.39 is 0 Å². The number of hydrogen-bond donors (Lipinski definition) is 2. The average molecular weight is 451 g/mol. The van der Waals surface area contributed by atoms with Crippen molar-refractivity contribution in [3.8, 4) is 5.75 Å². The molecule has 2 N–H and O–H groups in total. The number of allylic oxidation sites excluding steroid dienone is 9. The molecular formula is C28H26N4O2. The molecule has 2 aliphatic carbocycles. The van der Waals surface area contributed by atoms with Crippen molar-refractivity contribution in [3.05, 3.63) is 107 Å². The minimum Gasteiger partial charge on any atom is -0.497 e. The van der Waals surface area contributed by atoms with Crippen molar-refractivity contribution in [1.82, 2.24) is 9.55 Å². The molecule has 0 spiro atoms. The Morgan fingerprint density at radius 1 is 1.00 bits per heavy atom. The van der Waals surface area contributed by atoms with Gasteiger partial charge >= 0.3 is 0 Å². The van der Waals surface area contributed by atoms with Crippen molar-refractivity contribution in [2.75, 3.05) is 17.7 Å². The molecule has 6 nitrogen and oxygen atoms in total. The largest absolute Gasteiger partial charge is 0.497 e. The number of nitrogens with one attached hydrogen (secondary N) is 2. The van der Waals surface area contributed by atoms with Crippen molar-refractivity contribution < 1.29 is 4.74 Å². The van der Waals surface area contributed by atoms with E-state index in [9.17, 15) is 4.79 Å². The van der Waals surface area contributed by atoms with Crippen molar-refractivity contribution >= 4 is 33.9 Å². The summed E-state index contributed by atoms with van der Waals surface area (Å²) in [6.07, 6.45) is 21.2. The molecular weight excluding hydrogens is 424 g/mol. The lowest BCUT2D eigenvalue weighted by molar-refractivity contribution is 0.415. The van der Waals surface area contributed by atoms with Crippen LogP contribution in [0.4, 0.5) is 17.3 Å². The highest BCUT2D eigenvalue weighted by Crippen LogP contribution is 2.28. The lowest BCUT2D eigenvalue weighted by atomic mass is 10.1. The highest BCUT2D eigenvalue weighted by molar-refractivity contribution is 5.88. The molecule has 0 saturated heterocycles. The van der Waals surface area contributed by atoms with Gasteiger partial charge in [0, 0.05) is 41.5 Å². The van der Waals surface area contributed by atoms with E-state index in [4.69, 9.17) is 4.74 Å². The van der Waals surface area contributed by atoms with Gasteiger partial charge in [0.05, 0.1) is 18.0 Å². The Balaban J connectivity index is 1.65. The van der Waals surface area contributed by atoms with Crippen LogP contribution in [0.1, 0.15) is 19.3 Å². The van der Waals surface area contributed by atoms with Gasteiger partial charge in [-0.15, -0.1) is 0 Å². The predicted octanol–water partition coefficient (Wildman–Crippen LogP) is 6.15. The Hall–Kier alpha value is -4.32. The molecule has 170 valence electrons. The van der Waals surface area contributed by atoms with E-state index in [1.54, 1.807) is 19.4 Å².